The van der Waals surface area contributed by atoms with Crippen LogP contribution in [0.25, 0.3) is 0 Å². The van der Waals surface area contributed by atoms with Crippen molar-refractivity contribution in [2.45, 2.75) is 123 Å². The summed E-state index contributed by atoms with van der Waals surface area (Å²) in [7, 11) is 0. The molecular formula is C29H50. The first-order chi connectivity index (χ1) is 14.3. The first-order valence-corrected chi connectivity index (χ1v) is 13.6. The molecule has 0 heterocycles. The maximum Gasteiger partial charge on any atom is -0.0233 e. The predicted molar refractivity (Wildman–Crippen MR) is 129 cm³/mol. The summed E-state index contributed by atoms with van der Waals surface area (Å²) < 4.78 is 0. The molecule has 0 nitrogen and oxygen atoms in total. The van der Waals surface area contributed by atoms with Crippen LogP contribution in [-0.4, -0.2) is 0 Å². The van der Waals surface area contributed by atoms with Crippen molar-refractivity contribution in [2.75, 3.05) is 0 Å². The van der Waals surface area contributed by atoms with Crippen molar-refractivity contribution in [3.05, 3.63) is 24.3 Å². The highest BCUT2D eigenvalue weighted by molar-refractivity contribution is 4.96. The summed E-state index contributed by atoms with van der Waals surface area (Å²) in [5, 5.41) is 0. The summed E-state index contributed by atoms with van der Waals surface area (Å²) in [5.41, 5.74) is 0. The van der Waals surface area contributed by atoms with E-state index in [2.05, 4.69) is 38.2 Å². The van der Waals surface area contributed by atoms with Gasteiger partial charge in [-0.05, 0) is 106 Å². The molecule has 3 fully saturated rings. The second-order valence-corrected chi connectivity index (χ2v) is 10.9. The molecule has 0 aromatic carbocycles. The monoisotopic (exact) mass is 398 g/mol. The minimum Gasteiger partial charge on any atom is -0.0885 e. The zero-order valence-corrected chi connectivity index (χ0v) is 19.8. The van der Waals surface area contributed by atoms with Gasteiger partial charge in [-0.25, -0.2) is 0 Å². The molecule has 0 radical (unpaired) electrons. The smallest absolute Gasteiger partial charge is 0.0233 e. The molecule has 0 amide bonds. The molecule has 0 unspecified atom stereocenters. The Morgan fingerprint density at radius 3 is 1.52 bits per heavy atom. The number of hydrogen-bond donors (Lipinski definition) is 0. The maximum atomic E-state index is 2.58. The third-order valence-electron chi connectivity index (χ3n) is 8.76. The molecule has 3 saturated carbocycles. The van der Waals surface area contributed by atoms with E-state index < -0.39 is 0 Å². The van der Waals surface area contributed by atoms with E-state index in [1.165, 1.54) is 70.6 Å². The fourth-order valence-corrected chi connectivity index (χ4v) is 6.78. The average Bonchev–Trinajstić information content (AvgIpc) is 2.77. The molecule has 0 aromatic rings. The van der Waals surface area contributed by atoms with Crippen molar-refractivity contribution in [1.29, 1.82) is 0 Å². The van der Waals surface area contributed by atoms with E-state index in [0.29, 0.717) is 0 Å². The van der Waals surface area contributed by atoms with E-state index in [4.69, 9.17) is 0 Å². The first kappa shape index (κ1) is 23.1. The van der Waals surface area contributed by atoms with Crippen molar-refractivity contribution in [1.82, 2.24) is 0 Å². The van der Waals surface area contributed by atoms with Gasteiger partial charge >= 0.3 is 0 Å². The lowest BCUT2D eigenvalue weighted by Gasteiger charge is -2.38. The third-order valence-corrected chi connectivity index (χ3v) is 8.76. The Labute approximate surface area is 183 Å². The van der Waals surface area contributed by atoms with Crippen LogP contribution < -0.4 is 0 Å². The van der Waals surface area contributed by atoms with E-state index in [0.717, 1.165) is 35.5 Å². The van der Waals surface area contributed by atoms with Gasteiger partial charge < -0.3 is 0 Å². The van der Waals surface area contributed by atoms with E-state index >= 15 is 0 Å². The van der Waals surface area contributed by atoms with Gasteiger partial charge in [0.2, 0.25) is 0 Å². The molecule has 0 saturated heterocycles. The van der Waals surface area contributed by atoms with Crippen LogP contribution in [-0.2, 0) is 0 Å². The molecule has 0 aromatic heterocycles. The van der Waals surface area contributed by atoms with Crippen LogP contribution in [0.1, 0.15) is 123 Å². The van der Waals surface area contributed by atoms with Crippen LogP contribution in [0.4, 0.5) is 0 Å². The van der Waals surface area contributed by atoms with Crippen LogP contribution in [0.5, 0.6) is 0 Å². The van der Waals surface area contributed by atoms with Crippen LogP contribution in [0, 0.1) is 35.5 Å². The molecule has 0 aliphatic heterocycles. The highest BCUT2D eigenvalue weighted by Crippen LogP contribution is 2.43. The Morgan fingerprint density at radius 1 is 0.552 bits per heavy atom. The SMILES string of the molecule is CCC=C[C@H]1CC[C@H](C=CCC[C@H]2CC[C@H]([C@H]3CC[C@H](CCC)CC3)CC2)CC1. The van der Waals surface area contributed by atoms with Crippen LogP contribution in [0.2, 0.25) is 0 Å². The van der Waals surface area contributed by atoms with Gasteiger partial charge in [0.25, 0.3) is 0 Å². The van der Waals surface area contributed by atoms with E-state index in [1.54, 1.807) is 38.5 Å². The Kier molecular flexibility index (Phi) is 10.4. The third kappa shape index (κ3) is 7.91. The summed E-state index contributed by atoms with van der Waals surface area (Å²) in [6.07, 6.45) is 34.9. The Balaban J connectivity index is 1.25. The van der Waals surface area contributed by atoms with Crippen molar-refractivity contribution in [2.24, 2.45) is 35.5 Å². The van der Waals surface area contributed by atoms with E-state index in [1.807, 2.05) is 0 Å². The summed E-state index contributed by atoms with van der Waals surface area (Å²) in [4.78, 5) is 0. The van der Waals surface area contributed by atoms with Crippen LogP contribution >= 0.6 is 0 Å². The number of hydrogen-bond acceptors (Lipinski definition) is 0. The fraction of sp³-hybridized carbons (Fsp3) is 0.862. The lowest BCUT2D eigenvalue weighted by atomic mass is 9.68. The van der Waals surface area contributed by atoms with Crippen molar-refractivity contribution < 1.29 is 0 Å². The molecule has 0 N–H and O–H groups in total. The van der Waals surface area contributed by atoms with Crippen LogP contribution in [0.15, 0.2) is 24.3 Å². The largest absolute Gasteiger partial charge is 0.0885 e. The van der Waals surface area contributed by atoms with Crippen molar-refractivity contribution in [3.63, 3.8) is 0 Å². The van der Waals surface area contributed by atoms with E-state index in [-0.39, 0.29) is 0 Å². The second-order valence-electron chi connectivity index (χ2n) is 10.9. The van der Waals surface area contributed by atoms with Crippen molar-refractivity contribution >= 4 is 0 Å². The molecule has 3 aliphatic carbocycles. The van der Waals surface area contributed by atoms with E-state index in [9.17, 15) is 0 Å². The lowest BCUT2D eigenvalue weighted by molar-refractivity contribution is 0.141. The van der Waals surface area contributed by atoms with Gasteiger partial charge in [0, 0.05) is 0 Å². The van der Waals surface area contributed by atoms with Gasteiger partial charge in [-0.3, -0.25) is 0 Å². The normalized spacial score (nSPS) is 36.8. The molecular weight excluding hydrogens is 348 g/mol. The van der Waals surface area contributed by atoms with Gasteiger partial charge in [0.15, 0.2) is 0 Å². The standard InChI is InChI=1S/C29H50/c1-3-5-9-25-12-14-26(15-13-25)10-6-7-11-27-18-22-29(23-19-27)28-20-16-24(8-4-2)17-21-28/h5-6,9-10,24-29H,3-4,7-8,11-23H2,1-2H3/t24-,25-,26-,27-,28-,29-. The second kappa shape index (κ2) is 13.0. The van der Waals surface area contributed by atoms with Crippen LogP contribution in [0.3, 0.4) is 0 Å². The molecule has 0 atom stereocenters. The molecule has 3 rings (SSSR count). The fourth-order valence-electron chi connectivity index (χ4n) is 6.78. The first-order valence-electron chi connectivity index (χ1n) is 13.6. The summed E-state index contributed by atoms with van der Waals surface area (Å²) in [6, 6.07) is 0. The molecule has 166 valence electrons. The summed E-state index contributed by atoms with van der Waals surface area (Å²) in [5.74, 6) is 6.02. The molecule has 0 heteroatoms. The molecule has 0 spiro atoms. The summed E-state index contributed by atoms with van der Waals surface area (Å²) >= 11 is 0. The van der Waals surface area contributed by atoms with Gasteiger partial charge in [0.05, 0.1) is 0 Å². The number of rotatable bonds is 9. The topological polar surface area (TPSA) is 0 Å². The molecule has 29 heavy (non-hydrogen) atoms. The zero-order valence-electron chi connectivity index (χ0n) is 19.8. The zero-order chi connectivity index (χ0) is 20.3. The van der Waals surface area contributed by atoms with Crippen molar-refractivity contribution in [3.8, 4) is 0 Å². The maximum absolute atomic E-state index is 2.58. The van der Waals surface area contributed by atoms with Gasteiger partial charge in [-0.2, -0.15) is 0 Å². The summed E-state index contributed by atoms with van der Waals surface area (Å²) in [6.45, 7) is 4.61. The Hall–Kier alpha value is -0.520. The van der Waals surface area contributed by atoms with Gasteiger partial charge in [0.1, 0.15) is 0 Å². The quantitative estimate of drug-likeness (QED) is 0.339. The van der Waals surface area contributed by atoms with Gasteiger partial charge in [-0.15, -0.1) is 0 Å². The lowest BCUT2D eigenvalue weighted by Crippen LogP contribution is -2.25. The Bertz CT molecular complexity index is 462. The highest BCUT2D eigenvalue weighted by atomic mass is 14.4. The van der Waals surface area contributed by atoms with Gasteiger partial charge in [-0.1, -0.05) is 76.7 Å². The average molecular weight is 399 g/mol. The minimum absolute atomic E-state index is 0.872. The minimum atomic E-state index is 0.872. The number of allylic oxidation sites excluding steroid dienone is 4. The predicted octanol–water partition coefficient (Wildman–Crippen LogP) is 9.51. The molecule has 3 aliphatic rings. The highest BCUT2D eigenvalue weighted by Gasteiger charge is 2.30. The molecule has 0 bridgehead atoms. The Morgan fingerprint density at radius 2 is 1.03 bits per heavy atom.